The van der Waals surface area contributed by atoms with Crippen LogP contribution >= 0.6 is 0 Å². The SMILES string of the molecule is N#Cc1ccccc1CO/N=C\c1cn(Cc2ccccc2F)c2ccccc12. The van der Waals surface area contributed by atoms with Crippen molar-refractivity contribution >= 4 is 17.1 Å². The molecule has 3 aromatic carbocycles. The zero-order chi connectivity index (χ0) is 20.1. The first-order chi connectivity index (χ1) is 14.3. The van der Waals surface area contributed by atoms with Crippen molar-refractivity contribution in [3.63, 3.8) is 0 Å². The average Bonchev–Trinajstić information content (AvgIpc) is 3.11. The zero-order valence-corrected chi connectivity index (χ0v) is 15.6. The third-order valence-corrected chi connectivity index (χ3v) is 4.74. The first kappa shape index (κ1) is 18.5. The first-order valence-corrected chi connectivity index (χ1v) is 9.21. The molecule has 5 heteroatoms. The quantitative estimate of drug-likeness (QED) is 0.337. The second kappa shape index (κ2) is 8.41. The van der Waals surface area contributed by atoms with Gasteiger partial charge in [-0.05, 0) is 18.2 Å². The molecule has 0 aliphatic carbocycles. The van der Waals surface area contributed by atoms with E-state index in [2.05, 4.69) is 11.2 Å². The Morgan fingerprint density at radius 1 is 0.966 bits per heavy atom. The van der Waals surface area contributed by atoms with Crippen LogP contribution in [-0.2, 0) is 18.0 Å². The number of hydrogen-bond donors (Lipinski definition) is 0. The van der Waals surface area contributed by atoms with Crippen LogP contribution in [0.25, 0.3) is 10.9 Å². The Morgan fingerprint density at radius 3 is 2.52 bits per heavy atom. The Labute approximate surface area is 168 Å². The van der Waals surface area contributed by atoms with E-state index in [9.17, 15) is 4.39 Å². The van der Waals surface area contributed by atoms with E-state index in [0.717, 1.165) is 22.0 Å². The molecule has 1 heterocycles. The van der Waals surface area contributed by atoms with Crippen molar-refractivity contribution in [3.05, 3.63) is 107 Å². The molecular formula is C24H18FN3O. The van der Waals surface area contributed by atoms with E-state index in [-0.39, 0.29) is 12.4 Å². The number of benzene rings is 3. The van der Waals surface area contributed by atoms with Crippen LogP contribution in [0.2, 0.25) is 0 Å². The van der Waals surface area contributed by atoms with Gasteiger partial charge in [0.15, 0.2) is 0 Å². The minimum atomic E-state index is -0.222. The number of halogens is 1. The Kier molecular flexibility index (Phi) is 5.35. The summed E-state index contributed by atoms with van der Waals surface area (Å²) in [6, 6.07) is 24.1. The molecule has 4 rings (SSSR count). The monoisotopic (exact) mass is 383 g/mol. The predicted octanol–water partition coefficient (Wildman–Crippen LogP) is 5.25. The maximum atomic E-state index is 14.1. The highest BCUT2D eigenvalue weighted by atomic mass is 19.1. The van der Waals surface area contributed by atoms with Gasteiger partial charge < -0.3 is 9.40 Å². The van der Waals surface area contributed by atoms with Crippen molar-refractivity contribution in [2.24, 2.45) is 5.16 Å². The van der Waals surface area contributed by atoms with Gasteiger partial charge in [-0.2, -0.15) is 5.26 Å². The lowest BCUT2D eigenvalue weighted by Crippen LogP contribution is -2.00. The predicted molar refractivity (Wildman–Crippen MR) is 111 cm³/mol. The minimum absolute atomic E-state index is 0.216. The lowest BCUT2D eigenvalue weighted by molar-refractivity contribution is 0.132. The molecule has 0 saturated carbocycles. The van der Waals surface area contributed by atoms with E-state index >= 15 is 0 Å². The van der Waals surface area contributed by atoms with Crippen LogP contribution < -0.4 is 0 Å². The van der Waals surface area contributed by atoms with E-state index in [1.54, 1.807) is 24.4 Å². The molecule has 1 aromatic heterocycles. The van der Waals surface area contributed by atoms with Gasteiger partial charge in [0, 0.05) is 33.8 Å². The Bertz CT molecular complexity index is 1220. The third kappa shape index (κ3) is 4.02. The number of oxime groups is 1. The highest BCUT2D eigenvalue weighted by molar-refractivity contribution is 5.99. The molecule has 0 radical (unpaired) electrons. The van der Waals surface area contributed by atoms with Gasteiger partial charge in [0.1, 0.15) is 12.4 Å². The standard InChI is InChI=1S/C24H18FN3O/c25-23-11-5-3-8-19(23)15-28-16-21(22-10-4-6-12-24(22)28)14-27-29-17-20-9-2-1-7-18(20)13-26/h1-12,14,16H,15,17H2/b27-14-. The molecule has 0 fully saturated rings. The van der Waals surface area contributed by atoms with Crippen LogP contribution in [0.1, 0.15) is 22.3 Å². The summed E-state index contributed by atoms with van der Waals surface area (Å²) in [7, 11) is 0. The molecule has 142 valence electrons. The molecule has 4 aromatic rings. The minimum Gasteiger partial charge on any atom is -0.391 e. The molecule has 0 bridgehead atoms. The summed E-state index contributed by atoms with van der Waals surface area (Å²) in [6.07, 6.45) is 3.59. The summed E-state index contributed by atoms with van der Waals surface area (Å²) < 4.78 is 16.1. The van der Waals surface area contributed by atoms with Crippen LogP contribution in [-0.4, -0.2) is 10.8 Å². The fourth-order valence-electron chi connectivity index (χ4n) is 3.28. The van der Waals surface area contributed by atoms with E-state index in [0.29, 0.717) is 17.7 Å². The van der Waals surface area contributed by atoms with Crippen molar-refractivity contribution in [3.8, 4) is 6.07 Å². The van der Waals surface area contributed by atoms with Gasteiger partial charge in [0.2, 0.25) is 0 Å². The average molecular weight is 383 g/mol. The number of nitriles is 1. The number of hydrogen-bond acceptors (Lipinski definition) is 3. The zero-order valence-electron chi connectivity index (χ0n) is 15.6. The molecule has 0 spiro atoms. The van der Waals surface area contributed by atoms with E-state index < -0.39 is 0 Å². The molecular weight excluding hydrogens is 365 g/mol. The number of para-hydroxylation sites is 1. The fraction of sp³-hybridized carbons (Fsp3) is 0.0833. The molecule has 4 nitrogen and oxygen atoms in total. The molecule has 0 aliphatic heterocycles. The van der Waals surface area contributed by atoms with E-state index in [1.807, 2.05) is 59.3 Å². The number of nitrogens with zero attached hydrogens (tertiary/aromatic N) is 3. The van der Waals surface area contributed by atoms with Crippen LogP contribution in [0.5, 0.6) is 0 Å². The fourth-order valence-corrected chi connectivity index (χ4v) is 3.28. The smallest absolute Gasteiger partial charge is 0.143 e. The highest BCUT2D eigenvalue weighted by Crippen LogP contribution is 2.22. The van der Waals surface area contributed by atoms with Crippen molar-refractivity contribution in [1.29, 1.82) is 5.26 Å². The van der Waals surface area contributed by atoms with E-state index in [4.69, 9.17) is 10.1 Å². The van der Waals surface area contributed by atoms with Gasteiger partial charge in [0.25, 0.3) is 0 Å². The summed E-state index contributed by atoms with van der Waals surface area (Å²) >= 11 is 0. The van der Waals surface area contributed by atoms with Gasteiger partial charge in [-0.25, -0.2) is 4.39 Å². The first-order valence-electron chi connectivity index (χ1n) is 9.21. The Balaban J connectivity index is 1.56. The maximum Gasteiger partial charge on any atom is 0.143 e. The number of fused-ring (bicyclic) bond motifs is 1. The summed E-state index contributed by atoms with van der Waals surface area (Å²) in [5, 5.41) is 14.2. The van der Waals surface area contributed by atoms with Crippen molar-refractivity contribution in [1.82, 2.24) is 4.57 Å². The molecule has 0 unspecified atom stereocenters. The summed E-state index contributed by atoms with van der Waals surface area (Å²) in [6.45, 7) is 0.644. The number of rotatable bonds is 6. The molecule has 0 saturated heterocycles. The van der Waals surface area contributed by atoms with Crippen LogP contribution in [0.4, 0.5) is 4.39 Å². The summed E-state index contributed by atoms with van der Waals surface area (Å²) in [4.78, 5) is 5.41. The van der Waals surface area contributed by atoms with E-state index in [1.165, 1.54) is 6.07 Å². The largest absolute Gasteiger partial charge is 0.391 e. The van der Waals surface area contributed by atoms with Gasteiger partial charge in [-0.3, -0.25) is 0 Å². The van der Waals surface area contributed by atoms with Gasteiger partial charge >= 0.3 is 0 Å². The van der Waals surface area contributed by atoms with Gasteiger partial charge in [-0.15, -0.1) is 0 Å². The summed E-state index contributed by atoms with van der Waals surface area (Å²) in [5.74, 6) is -0.222. The molecule has 29 heavy (non-hydrogen) atoms. The third-order valence-electron chi connectivity index (χ3n) is 4.74. The normalized spacial score (nSPS) is 11.0. The second-order valence-corrected chi connectivity index (χ2v) is 6.60. The topological polar surface area (TPSA) is 50.3 Å². The molecule has 0 aliphatic rings. The van der Waals surface area contributed by atoms with Crippen molar-refractivity contribution < 1.29 is 9.23 Å². The molecule has 0 amide bonds. The summed E-state index contributed by atoms with van der Waals surface area (Å²) in [5.41, 5.74) is 3.86. The Morgan fingerprint density at radius 2 is 1.69 bits per heavy atom. The molecule has 0 N–H and O–H groups in total. The molecule has 0 atom stereocenters. The maximum absolute atomic E-state index is 14.1. The second-order valence-electron chi connectivity index (χ2n) is 6.60. The number of aromatic nitrogens is 1. The van der Waals surface area contributed by atoms with Crippen LogP contribution in [0.15, 0.2) is 84.1 Å². The van der Waals surface area contributed by atoms with Crippen LogP contribution in [0.3, 0.4) is 0 Å². The van der Waals surface area contributed by atoms with Crippen LogP contribution in [0, 0.1) is 17.1 Å². The van der Waals surface area contributed by atoms with Crippen molar-refractivity contribution in [2.75, 3.05) is 0 Å². The van der Waals surface area contributed by atoms with Crippen molar-refractivity contribution in [2.45, 2.75) is 13.2 Å². The highest BCUT2D eigenvalue weighted by Gasteiger charge is 2.09. The van der Waals surface area contributed by atoms with Gasteiger partial charge in [0.05, 0.1) is 24.4 Å². The van der Waals surface area contributed by atoms with Gasteiger partial charge in [-0.1, -0.05) is 59.8 Å². The Hall–Kier alpha value is -3.91. The lowest BCUT2D eigenvalue weighted by atomic mass is 10.1. The lowest BCUT2D eigenvalue weighted by Gasteiger charge is -2.06.